The number of ether oxygens (including phenoxy) is 2. The van der Waals surface area contributed by atoms with E-state index < -0.39 is 5.91 Å². The number of methoxy groups -OCH3 is 1. The number of carbonyl (C=O) groups is 1. The highest BCUT2D eigenvalue weighted by Gasteiger charge is 2.10. The van der Waals surface area contributed by atoms with E-state index >= 15 is 0 Å². The quantitative estimate of drug-likeness (QED) is 0.495. The summed E-state index contributed by atoms with van der Waals surface area (Å²) in [5, 5.41) is 0. The van der Waals surface area contributed by atoms with Crippen LogP contribution in [0.15, 0.2) is 39.4 Å². The molecule has 1 heterocycles. The van der Waals surface area contributed by atoms with Gasteiger partial charge in [0.1, 0.15) is 30.1 Å². The molecule has 0 saturated carbocycles. The zero-order valence-electron chi connectivity index (χ0n) is 10.7. The maximum atomic E-state index is 11.3. The Morgan fingerprint density at radius 3 is 2.90 bits per heavy atom. The molecule has 2 rings (SSSR count). The van der Waals surface area contributed by atoms with Gasteiger partial charge in [0.15, 0.2) is 0 Å². The third-order valence-electron chi connectivity index (χ3n) is 2.56. The summed E-state index contributed by atoms with van der Waals surface area (Å²) in [7, 11) is 1.59. The van der Waals surface area contributed by atoms with Crippen molar-refractivity contribution in [3.8, 4) is 11.5 Å². The Kier molecular flexibility index (Phi) is 4.65. The maximum Gasteiger partial charge on any atom is 0.268 e. The minimum atomic E-state index is -0.411. The third-order valence-corrected chi connectivity index (χ3v) is 3.18. The fraction of sp³-hybridized carbons (Fsp3) is 0.154. The van der Waals surface area contributed by atoms with Gasteiger partial charge in [-0.1, -0.05) is 0 Å². The first-order valence-corrected chi connectivity index (χ1v) is 6.48. The molecule has 2 aromatic rings. The standard InChI is InChI=1S/C13H13BrN2O4/c1-18-9-2-3-12(11(14)5-9)20-7-10-4-8(6-19-10)13(17)16-15/h2-6H,7,15H2,1H3,(H,16,17). The van der Waals surface area contributed by atoms with Crippen molar-refractivity contribution in [3.05, 3.63) is 46.3 Å². The second-order valence-electron chi connectivity index (χ2n) is 3.86. The average Bonchev–Trinajstić information content (AvgIpc) is 2.94. The fourth-order valence-electron chi connectivity index (χ4n) is 1.53. The third kappa shape index (κ3) is 3.31. The van der Waals surface area contributed by atoms with Crippen molar-refractivity contribution in [1.82, 2.24) is 5.43 Å². The van der Waals surface area contributed by atoms with Crippen LogP contribution >= 0.6 is 15.9 Å². The summed E-state index contributed by atoms with van der Waals surface area (Å²) in [5.74, 6) is 6.51. The van der Waals surface area contributed by atoms with Gasteiger partial charge >= 0.3 is 0 Å². The molecule has 0 radical (unpaired) electrons. The Balaban J connectivity index is 2.01. The van der Waals surface area contributed by atoms with Crippen molar-refractivity contribution < 1.29 is 18.7 Å². The smallest absolute Gasteiger partial charge is 0.268 e. The van der Waals surface area contributed by atoms with E-state index in [0.29, 0.717) is 17.1 Å². The predicted molar refractivity (Wildman–Crippen MR) is 75.4 cm³/mol. The molecule has 3 N–H and O–H groups in total. The summed E-state index contributed by atoms with van der Waals surface area (Å²) in [6, 6.07) is 6.93. The Morgan fingerprint density at radius 1 is 1.45 bits per heavy atom. The molecule has 106 valence electrons. The average molecular weight is 341 g/mol. The summed E-state index contributed by atoms with van der Waals surface area (Å²) in [6.45, 7) is 0.197. The molecule has 0 fully saturated rings. The summed E-state index contributed by atoms with van der Waals surface area (Å²) in [4.78, 5) is 11.3. The Bertz CT molecular complexity index is 612. The van der Waals surface area contributed by atoms with Crippen molar-refractivity contribution in [3.63, 3.8) is 0 Å². The number of rotatable bonds is 5. The highest BCUT2D eigenvalue weighted by molar-refractivity contribution is 9.10. The maximum absolute atomic E-state index is 11.3. The molecule has 0 bridgehead atoms. The van der Waals surface area contributed by atoms with E-state index in [9.17, 15) is 4.79 Å². The lowest BCUT2D eigenvalue weighted by molar-refractivity contribution is 0.0953. The minimum Gasteiger partial charge on any atom is -0.497 e. The van der Waals surface area contributed by atoms with Crippen LogP contribution in [0, 0.1) is 0 Å². The van der Waals surface area contributed by atoms with Crippen LogP contribution in [0.25, 0.3) is 0 Å². The van der Waals surface area contributed by atoms with Gasteiger partial charge in [-0.25, -0.2) is 5.84 Å². The molecule has 1 aromatic heterocycles. The first-order valence-electron chi connectivity index (χ1n) is 5.68. The number of carbonyl (C=O) groups excluding carboxylic acids is 1. The Labute approximate surface area is 123 Å². The number of furan rings is 1. The van der Waals surface area contributed by atoms with E-state index in [1.165, 1.54) is 6.26 Å². The SMILES string of the molecule is COc1ccc(OCc2cc(C(=O)NN)co2)c(Br)c1. The van der Waals surface area contributed by atoms with Crippen LogP contribution in [0.2, 0.25) is 0 Å². The largest absolute Gasteiger partial charge is 0.497 e. The highest BCUT2D eigenvalue weighted by atomic mass is 79.9. The second-order valence-corrected chi connectivity index (χ2v) is 4.71. The molecule has 1 aromatic carbocycles. The van der Waals surface area contributed by atoms with Gasteiger partial charge in [0.25, 0.3) is 5.91 Å². The zero-order chi connectivity index (χ0) is 14.5. The van der Waals surface area contributed by atoms with Crippen LogP contribution in [-0.2, 0) is 6.61 Å². The van der Waals surface area contributed by atoms with Crippen LogP contribution in [0.3, 0.4) is 0 Å². The molecule has 6 nitrogen and oxygen atoms in total. The summed E-state index contributed by atoms with van der Waals surface area (Å²) in [6.07, 6.45) is 1.32. The molecule has 20 heavy (non-hydrogen) atoms. The Hall–Kier alpha value is -1.99. The zero-order valence-corrected chi connectivity index (χ0v) is 12.3. The lowest BCUT2D eigenvalue weighted by atomic mass is 10.3. The highest BCUT2D eigenvalue weighted by Crippen LogP contribution is 2.29. The second kappa shape index (κ2) is 6.44. The number of amides is 1. The van der Waals surface area contributed by atoms with Gasteiger partial charge in [0, 0.05) is 0 Å². The molecule has 1 amide bonds. The molecule has 7 heteroatoms. The number of nitrogen functional groups attached to an aromatic ring is 1. The van der Waals surface area contributed by atoms with Crippen molar-refractivity contribution in [2.24, 2.45) is 5.84 Å². The molecule has 0 aliphatic rings. The van der Waals surface area contributed by atoms with Crippen LogP contribution in [0.5, 0.6) is 11.5 Å². The lowest BCUT2D eigenvalue weighted by Crippen LogP contribution is -2.29. The first-order chi connectivity index (χ1) is 9.63. The topological polar surface area (TPSA) is 86.7 Å². The lowest BCUT2D eigenvalue weighted by Gasteiger charge is -2.08. The van der Waals surface area contributed by atoms with Gasteiger partial charge in [0.2, 0.25) is 0 Å². The molecular formula is C13H13BrN2O4. The van der Waals surface area contributed by atoms with Crippen LogP contribution in [-0.4, -0.2) is 13.0 Å². The summed E-state index contributed by atoms with van der Waals surface area (Å²) < 4.78 is 16.7. The molecular weight excluding hydrogens is 328 g/mol. The minimum absolute atomic E-state index is 0.197. The van der Waals surface area contributed by atoms with Crippen molar-refractivity contribution in [2.75, 3.05) is 7.11 Å². The van der Waals surface area contributed by atoms with E-state index in [-0.39, 0.29) is 6.61 Å². The van der Waals surface area contributed by atoms with Crippen LogP contribution in [0.4, 0.5) is 0 Å². The van der Waals surface area contributed by atoms with Crippen molar-refractivity contribution in [2.45, 2.75) is 6.61 Å². The number of hydrogen-bond donors (Lipinski definition) is 2. The number of nitrogens with one attached hydrogen (secondary N) is 1. The molecule has 0 spiro atoms. The van der Waals surface area contributed by atoms with Gasteiger partial charge in [-0.15, -0.1) is 0 Å². The number of nitrogens with two attached hydrogens (primary N) is 1. The van der Waals surface area contributed by atoms with E-state index in [2.05, 4.69) is 15.9 Å². The number of hydrazine groups is 1. The van der Waals surface area contributed by atoms with Crippen molar-refractivity contribution in [1.29, 1.82) is 0 Å². The van der Waals surface area contributed by atoms with E-state index in [4.69, 9.17) is 19.7 Å². The van der Waals surface area contributed by atoms with Gasteiger partial charge in [-0.2, -0.15) is 0 Å². The van der Waals surface area contributed by atoms with Gasteiger partial charge in [0.05, 0.1) is 17.1 Å². The summed E-state index contributed by atoms with van der Waals surface area (Å²) in [5.41, 5.74) is 2.38. The number of halogens is 1. The van der Waals surface area contributed by atoms with Gasteiger partial charge < -0.3 is 13.9 Å². The summed E-state index contributed by atoms with van der Waals surface area (Å²) >= 11 is 3.38. The number of hydrogen-bond acceptors (Lipinski definition) is 5. The monoisotopic (exact) mass is 340 g/mol. The first kappa shape index (κ1) is 14.4. The van der Waals surface area contributed by atoms with E-state index in [1.807, 2.05) is 5.43 Å². The molecule has 0 unspecified atom stereocenters. The van der Waals surface area contributed by atoms with Crippen LogP contribution < -0.4 is 20.7 Å². The Morgan fingerprint density at radius 2 is 2.25 bits per heavy atom. The molecule has 0 atom stereocenters. The molecule has 0 aliphatic heterocycles. The van der Waals surface area contributed by atoms with E-state index in [0.717, 1.165) is 10.2 Å². The van der Waals surface area contributed by atoms with E-state index in [1.54, 1.807) is 31.4 Å². The van der Waals surface area contributed by atoms with Gasteiger partial charge in [-0.05, 0) is 40.2 Å². The normalized spacial score (nSPS) is 10.2. The van der Waals surface area contributed by atoms with Gasteiger partial charge in [-0.3, -0.25) is 10.2 Å². The predicted octanol–water partition coefficient (Wildman–Crippen LogP) is 2.23. The fourth-order valence-corrected chi connectivity index (χ4v) is 2.01. The number of benzene rings is 1. The van der Waals surface area contributed by atoms with Crippen molar-refractivity contribution >= 4 is 21.8 Å². The van der Waals surface area contributed by atoms with Crippen LogP contribution in [0.1, 0.15) is 16.1 Å². The molecule has 0 saturated heterocycles. The molecule has 0 aliphatic carbocycles.